The van der Waals surface area contributed by atoms with Crippen molar-refractivity contribution in [3.8, 4) is 11.1 Å². The van der Waals surface area contributed by atoms with Crippen LogP contribution in [-0.2, 0) is 0 Å². The van der Waals surface area contributed by atoms with E-state index in [4.69, 9.17) is 4.42 Å². The molecule has 0 aliphatic heterocycles. The van der Waals surface area contributed by atoms with Gasteiger partial charge in [0.2, 0.25) is 0 Å². The van der Waals surface area contributed by atoms with Gasteiger partial charge in [0.05, 0.1) is 17.1 Å². The maximum atomic E-state index is 6.61. The topological polar surface area (TPSA) is 16.4 Å². The number of thiophene rings is 1. The van der Waals surface area contributed by atoms with E-state index >= 15 is 0 Å². The molecule has 2 heterocycles. The van der Waals surface area contributed by atoms with Crippen LogP contribution >= 0.6 is 11.3 Å². The fraction of sp³-hybridized carbons (Fsp3) is 0. The predicted octanol–water partition coefficient (Wildman–Crippen LogP) is 13.4. The first-order valence-corrected chi connectivity index (χ1v) is 16.8. The van der Waals surface area contributed by atoms with Crippen LogP contribution in [0.2, 0.25) is 0 Å². The summed E-state index contributed by atoms with van der Waals surface area (Å²) in [4.78, 5) is 2.49. The van der Waals surface area contributed by atoms with Gasteiger partial charge in [0.1, 0.15) is 11.2 Å². The third-order valence-corrected chi connectivity index (χ3v) is 10.6. The maximum Gasteiger partial charge on any atom is 0.143 e. The van der Waals surface area contributed by atoms with E-state index in [1.54, 1.807) is 0 Å². The fourth-order valence-electron chi connectivity index (χ4n) is 7.41. The molecule has 220 valence electrons. The zero-order chi connectivity index (χ0) is 30.9. The molecule has 0 bridgehead atoms. The van der Waals surface area contributed by atoms with Gasteiger partial charge in [-0.3, -0.25) is 0 Å². The molecule has 10 rings (SSSR count). The lowest BCUT2D eigenvalue weighted by molar-refractivity contribution is 0.670. The lowest BCUT2D eigenvalue weighted by atomic mass is 9.96. The summed E-state index contributed by atoms with van der Waals surface area (Å²) in [5.41, 5.74) is 7.40. The molecule has 0 atom stereocenters. The highest BCUT2D eigenvalue weighted by Crippen LogP contribution is 2.50. The number of hydrogen-bond acceptors (Lipinski definition) is 3. The molecule has 47 heavy (non-hydrogen) atoms. The van der Waals surface area contributed by atoms with Crippen molar-refractivity contribution >= 4 is 92.1 Å². The summed E-state index contributed by atoms with van der Waals surface area (Å²) in [6, 6.07) is 59.0. The Hall–Kier alpha value is -5.90. The zero-order valence-electron chi connectivity index (χ0n) is 25.4. The highest BCUT2D eigenvalue weighted by Gasteiger charge is 2.24. The summed E-state index contributed by atoms with van der Waals surface area (Å²) < 4.78 is 9.17. The van der Waals surface area contributed by atoms with E-state index < -0.39 is 0 Å². The molecular weight excluding hydrogens is 591 g/mol. The van der Waals surface area contributed by atoms with E-state index in [0.717, 1.165) is 50.1 Å². The third-order valence-electron chi connectivity index (χ3n) is 9.45. The van der Waals surface area contributed by atoms with Gasteiger partial charge in [-0.2, -0.15) is 0 Å². The summed E-state index contributed by atoms with van der Waals surface area (Å²) in [6.45, 7) is 0. The Morgan fingerprint density at radius 1 is 0.404 bits per heavy atom. The third kappa shape index (κ3) is 3.97. The van der Waals surface area contributed by atoms with Gasteiger partial charge in [0.25, 0.3) is 0 Å². The van der Waals surface area contributed by atoms with E-state index in [1.165, 1.54) is 41.7 Å². The Morgan fingerprint density at radius 3 is 1.94 bits per heavy atom. The van der Waals surface area contributed by atoms with Crippen molar-refractivity contribution in [1.29, 1.82) is 0 Å². The standard InChI is InChI=1S/C44H27NOS/c1-2-14-29-28(13-1)27-39(31-16-4-3-15-30(29)31)45(38-23-12-26-42-43(38)36-19-7-10-25-41(36)47-42)37-22-8-5-17-32(37)34-20-11-21-35-33-18-6-9-24-40(33)46-44(34)35/h1-27H. The highest BCUT2D eigenvalue weighted by atomic mass is 32.1. The molecule has 0 aliphatic carbocycles. The lowest BCUT2D eigenvalue weighted by Crippen LogP contribution is -2.12. The molecule has 2 aromatic heterocycles. The molecule has 0 unspecified atom stereocenters. The zero-order valence-corrected chi connectivity index (χ0v) is 26.2. The van der Waals surface area contributed by atoms with Gasteiger partial charge in [0.15, 0.2) is 0 Å². The van der Waals surface area contributed by atoms with Gasteiger partial charge < -0.3 is 9.32 Å². The van der Waals surface area contributed by atoms with Crippen molar-refractivity contribution in [2.75, 3.05) is 4.90 Å². The van der Waals surface area contributed by atoms with Gasteiger partial charge in [-0.1, -0.05) is 127 Å². The Bertz CT molecular complexity index is 2820. The molecule has 0 aliphatic rings. The second-order valence-corrected chi connectivity index (χ2v) is 13.1. The molecule has 8 aromatic carbocycles. The van der Waals surface area contributed by atoms with Gasteiger partial charge in [-0.05, 0) is 52.6 Å². The van der Waals surface area contributed by atoms with Crippen LogP contribution in [0, 0.1) is 0 Å². The number of fused-ring (bicyclic) bond motifs is 9. The van der Waals surface area contributed by atoms with Crippen molar-refractivity contribution < 1.29 is 4.42 Å². The Kier molecular flexibility index (Phi) is 5.78. The summed E-state index contributed by atoms with van der Waals surface area (Å²) >= 11 is 1.85. The lowest BCUT2D eigenvalue weighted by Gasteiger charge is -2.30. The minimum absolute atomic E-state index is 0.902. The Morgan fingerprint density at radius 2 is 1.02 bits per heavy atom. The van der Waals surface area contributed by atoms with Gasteiger partial charge in [-0.25, -0.2) is 0 Å². The number of para-hydroxylation sites is 3. The molecule has 2 nitrogen and oxygen atoms in total. The maximum absolute atomic E-state index is 6.61. The largest absolute Gasteiger partial charge is 0.455 e. The van der Waals surface area contributed by atoms with Crippen molar-refractivity contribution in [2.24, 2.45) is 0 Å². The quantitative estimate of drug-likeness (QED) is 0.183. The summed E-state index contributed by atoms with van der Waals surface area (Å²) in [5.74, 6) is 0. The van der Waals surface area contributed by atoms with Crippen molar-refractivity contribution in [1.82, 2.24) is 0 Å². The first-order chi connectivity index (χ1) is 23.3. The van der Waals surface area contributed by atoms with E-state index in [-0.39, 0.29) is 0 Å². The van der Waals surface area contributed by atoms with Gasteiger partial charge >= 0.3 is 0 Å². The Labute approximate surface area is 275 Å². The van der Waals surface area contributed by atoms with E-state index in [0.29, 0.717) is 0 Å². The van der Waals surface area contributed by atoms with Crippen molar-refractivity contribution in [3.63, 3.8) is 0 Å². The molecule has 0 amide bonds. The van der Waals surface area contributed by atoms with Crippen molar-refractivity contribution in [2.45, 2.75) is 0 Å². The normalized spacial score (nSPS) is 11.8. The van der Waals surface area contributed by atoms with Crippen LogP contribution in [0.5, 0.6) is 0 Å². The highest BCUT2D eigenvalue weighted by molar-refractivity contribution is 7.26. The molecule has 10 aromatic rings. The molecule has 0 spiro atoms. The van der Waals surface area contributed by atoms with E-state index in [2.05, 4.69) is 163 Å². The van der Waals surface area contributed by atoms with Crippen LogP contribution in [0.15, 0.2) is 168 Å². The first kappa shape index (κ1) is 26.3. The van der Waals surface area contributed by atoms with Crippen LogP contribution in [0.3, 0.4) is 0 Å². The number of benzene rings is 8. The summed E-state index contributed by atoms with van der Waals surface area (Å²) in [6.07, 6.45) is 0. The van der Waals surface area contributed by atoms with Crippen LogP contribution in [0.4, 0.5) is 17.1 Å². The van der Waals surface area contributed by atoms with Gasteiger partial charge in [-0.15, -0.1) is 11.3 Å². The van der Waals surface area contributed by atoms with Gasteiger partial charge in [0, 0.05) is 47.5 Å². The van der Waals surface area contributed by atoms with Crippen LogP contribution in [0.25, 0.3) is 74.8 Å². The monoisotopic (exact) mass is 617 g/mol. The predicted molar refractivity (Wildman–Crippen MR) is 202 cm³/mol. The minimum atomic E-state index is 0.902. The molecule has 0 saturated heterocycles. The molecule has 0 radical (unpaired) electrons. The van der Waals surface area contributed by atoms with E-state index in [9.17, 15) is 0 Å². The number of nitrogens with zero attached hydrogens (tertiary/aromatic N) is 1. The van der Waals surface area contributed by atoms with Crippen LogP contribution < -0.4 is 4.90 Å². The SMILES string of the molecule is c1ccc(N(c2cc3ccccc3c3ccccc23)c2cccc3sc4ccccc4c23)c(-c2cccc3c2oc2ccccc23)c1. The van der Waals surface area contributed by atoms with Crippen molar-refractivity contribution in [3.05, 3.63) is 164 Å². The fourth-order valence-corrected chi connectivity index (χ4v) is 8.53. The Balaban J connectivity index is 1.35. The number of anilines is 3. The summed E-state index contributed by atoms with van der Waals surface area (Å²) in [7, 11) is 0. The minimum Gasteiger partial charge on any atom is -0.455 e. The molecular formula is C44H27NOS. The van der Waals surface area contributed by atoms with Crippen LogP contribution in [-0.4, -0.2) is 0 Å². The molecule has 3 heteroatoms. The van der Waals surface area contributed by atoms with E-state index in [1.807, 2.05) is 17.4 Å². The molecule has 0 fully saturated rings. The second kappa shape index (κ2) is 10.3. The second-order valence-electron chi connectivity index (χ2n) is 12.0. The average Bonchev–Trinajstić information content (AvgIpc) is 3.71. The molecule has 0 saturated carbocycles. The average molecular weight is 618 g/mol. The number of hydrogen-bond donors (Lipinski definition) is 0. The summed E-state index contributed by atoms with van der Waals surface area (Å²) in [5, 5.41) is 9.72. The van der Waals surface area contributed by atoms with Crippen LogP contribution in [0.1, 0.15) is 0 Å². The smallest absolute Gasteiger partial charge is 0.143 e. The molecule has 0 N–H and O–H groups in total. The number of rotatable bonds is 4. The first-order valence-electron chi connectivity index (χ1n) is 15.9. The number of furan rings is 1.